The molecule has 9 nitrogen and oxygen atoms in total. The van der Waals surface area contributed by atoms with E-state index in [2.05, 4.69) is 53.1 Å². The van der Waals surface area contributed by atoms with Gasteiger partial charge in [0, 0.05) is 38.7 Å². The van der Waals surface area contributed by atoms with E-state index >= 15 is 0 Å². The second-order valence-corrected chi connectivity index (χ2v) is 10.9. The number of benzene rings is 2. The molecule has 9 heteroatoms. The molecule has 0 amide bonds. The van der Waals surface area contributed by atoms with Crippen LogP contribution in [-0.2, 0) is 24.9 Å². The van der Waals surface area contributed by atoms with Crippen molar-refractivity contribution in [1.82, 2.24) is 24.9 Å². The van der Waals surface area contributed by atoms with Gasteiger partial charge < -0.3 is 14.9 Å². The minimum absolute atomic E-state index is 0.0254. The third-order valence-electron chi connectivity index (χ3n) is 7.96. The Hall–Kier alpha value is -3.98. The van der Waals surface area contributed by atoms with Crippen LogP contribution in [-0.4, -0.2) is 53.2 Å². The first kappa shape index (κ1) is 26.6. The average molecular weight is 530 g/mol. The van der Waals surface area contributed by atoms with Gasteiger partial charge in [-0.1, -0.05) is 36.4 Å². The largest absolute Gasteiger partial charge is 0.493 e. The molecule has 0 bridgehead atoms. The van der Waals surface area contributed by atoms with Crippen molar-refractivity contribution < 1.29 is 19.7 Å². The molecule has 204 valence electrons. The average Bonchev–Trinajstić information content (AvgIpc) is 3.20. The van der Waals surface area contributed by atoms with Crippen LogP contribution in [0.3, 0.4) is 0 Å². The highest BCUT2D eigenvalue weighted by Gasteiger charge is 2.33. The first-order valence-corrected chi connectivity index (χ1v) is 13.3. The Morgan fingerprint density at radius 1 is 1.18 bits per heavy atom. The molecule has 0 spiro atoms. The lowest BCUT2D eigenvalue weighted by Gasteiger charge is -2.32. The molecule has 1 aliphatic heterocycles. The predicted octanol–water partition coefficient (Wildman–Crippen LogP) is 4.86. The van der Waals surface area contributed by atoms with Crippen LogP contribution in [0.25, 0.3) is 11.0 Å². The molecule has 0 saturated heterocycles. The van der Waals surface area contributed by atoms with Gasteiger partial charge in [-0.05, 0) is 67.1 Å². The lowest BCUT2D eigenvalue weighted by molar-refractivity contribution is -0.137. The summed E-state index contributed by atoms with van der Waals surface area (Å²) >= 11 is 0. The summed E-state index contributed by atoms with van der Waals surface area (Å²) in [5, 5.41) is 28.3. The molecule has 0 fully saturated rings. The molecule has 5 rings (SSSR count). The lowest BCUT2D eigenvalue weighted by atomic mass is 9.84. The van der Waals surface area contributed by atoms with E-state index in [0.717, 1.165) is 45.3 Å². The maximum absolute atomic E-state index is 12.0. The highest BCUT2D eigenvalue weighted by Crippen LogP contribution is 2.36. The number of aromatic hydroxyl groups is 1. The third-order valence-corrected chi connectivity index (χ3v) is 7.96. The fourth-order valence-corrected chi connectivity index (χ4v) is 5.55. The number of carboxylic acids is 1. The number of aromatic nitrogens is 4. The Morgan fingerprint density at radius 2 is 1.97 bits per heavy atom. The number of hydrogen-bond acceptors (Lipinski definition) is 7. The van der Waals surface area contributed by atoms with Crippen molar-refractivity contribution in [2.75, 3.05) is 6.54 Å². The molecule has 2 aromatic carbocycles. The zero-order valence-electron chi connectivity index (χ0n) is 23.1. The van der Waals surface area contributed by atoms with Crippen molar-refractivity contribution in [2.45, 2.75) is 65.1 Å². The molecule has 2 aromatic heterocycles. The number of aryl methyl sites for hydroxylation is 3. The van der Waals surface area contributed by atoms with E-state index < -0.39 is 11.6 Å². The van der Waals surface area contributed by atoms with Gasteiger partial charge in [-0.2, -0.15) is 0 Å². The van der Waals surface area contributed by atoms with Gasteiger partial charge in [-0.3, -0.25) is 9.69 Å². The van der Waals surface area contributed by atoms with Gasteiger partial charge in [-0.15, -0.1) is 5.10 Å². The van der Waals surface area contributed by atoms with Crippen molar-refractivity contribution in [2.24, 2.45) is 7.05 Å². The van der Waals surface area contributed by atoms with Gasteiger partial charge in [0.15, 0.2) is 0 Å². The normalized spacial score (nSPS) is 18.4. The number of nitrogens with zero attached hydrogens (tertiary/aromatic N) is 5. The summed E-state index contributed by atoms with van der Waals surface area (Å²) in [6.45, 7) is 10.1. The Bertz CT molecular complexity index is 1550. The minimum atomic E-state index is -0.855. The van der Waals surface area contributed by atoms with Crippen molar-refractivity contribution in [3.8, 4) is 11.6 Å². The molecule has 1 aliphatic rings. The fourth-order valence-electron chi connectivity index (χ4n) is 5.55. The van der Waals surface area contributed by atoms with Gasteiger partial charge in [-0.25, -0.2) is 9.67 Å². The summed E-state index contributed by atoms with van der Waals surface area (Å²) in [5.41, 5.74) is 7.07. The number of carbonyl (C=O) groups is 1. The van der Waals surface area contributed by atoms with Crippen LogP contribution in [0.1, 0.15) is 66.1 Å². The van der Waals surface area contributed by atoms with E-state index in [1.54, 1.807) is 16.8 Å². The van der Waals surface area contributed by atoms with Crippen LogP contribution in [0.4, 0.5) is 0 Å². The van der Waals surface area contributed by atoms with E-state index in [9.17, 15) is 15.0 Å². The smallest absolute Gasteiger partial charge is 0.304 e. The van der Waals surface area contributed by atoms with Crippen LogP contribution >= 0.6 is 0 Å². The van der Waals surface area contributed by atoms with Gasteiger partial charge in [0.2, 0.25) is 5.88 Å². The second kappa shape index (κ2) is 10.3. The van der Waals surface area contributed by atoms with E-state index in [1.807, 2.05) is 32.2 Å². The van der Waals surface area contributed by atoms with Crippen LogP contribution in [0.5, 0.6) is 11.6 Å². The molecule has 0 aliphatic carbocycles. The molecule has 4 aromatic rings. The standard InChI is InChI=1S/C30H35N5O4/c1-6-30(4)17-35(16-24-26(39-30)11-12-27(36)31-24)15-21-13-20(8-7-18(21)2)23(14-28(37)38)22-9-10-25-29(19(22)3)32-33-34(25)5/h7-13,23H,6,14-17H2,1-5H3,(H,31,36)(H,37,38)/t23-,30+/m1/s1. The molecule has 3 heterocycles. The van der Waals surface area contributed by atoms with Gasteiger partial charge in [0.1, 0.15) is 22.6 Å². The van der Waals surface area contributed by atoms with Crippen LogP contribution in [0, 0.1) is 13.8 Å². The number of rotatable bonds is 7. The van der Waals surface area contributed by atoms with Crippen molar-refractivity contribution in [3.63, 3.8) is 0 Å². The van der Waals surface area contributed by atoms with Gasteiger partial charge in [0.25, 0.3) is 0 Å². The summed E-state index contributed by atoms with van der Waals surface area (Å²) in [6, 6.07) is 13.5. The van der Waals surface area contributed by atoms with Gasteiger partial charge >= 0.3 is 5.97 Å². The topological polar surface area (TPSA) is 114 Å². The summed E-state index contributed by atoms with van der Waals surface area (Å²) in [5.74, 6) is -0.517. The van der Waals surface area contributed by atoms with Crippen LogP contribution < -0.4 is 4.74 Å². The summed E-state index contributed by atoms with van der Waals surface area (Å²) in [6.07, 6.45) is 0.783. The van der Waals surface area contributed by atoms with E-state index in [0.29, 0.717) is 31.1 Å². The molecular weight excluding hydrogens is 494 g/mol. The lowest BCUT2D eigenvalue weighted by Crippen LogP contribution is -2.42. The second-order valence-electron chi connectivity index (χ2n) is 10.9. The predicted molar refractivity (Wildman–Crippen MR) is 148 cm³/mol. The zero-order valence-corrected chi connectivity index (χ0v) is 23.1. The highest BCUT2D eigenvalue weighted by atomic mass is 16.5. The number of aliphatic carboxylic acids is 1. The first-order valence-electron chi connectivity index (χ1n) is 13.3. The number of carboxylic acid groups (broad SMARTS) is 1. The van der Waals surface area contributed by atoms with E-state index in [4.69, 9.17) is 4.74 Å². The fraction of sp³-hybridized carbons (Fsp3) is 0.400. The summed E-state index contributed by atoms with van der Waals surface area (Å²) in [7, 11) is 1.85. The van der Waals surface area contributed by atoms with Crippen LogP contribution in [0.2, 0.25) is 0 Å². The number of hydrogen-bond donors (Lipinski definition) is 2. The number of pyridine rings is 1. The molecule has 2 N–H and O–H groups in total. The molecule has 39 heavy (non-hydrogen) atoms. The highest BCUT2D eigenvalue weighted by molar-refractivity contribution is 5.80. The monoisotopic (exact) mass is 529 g/mol. The summed E-state index contributed by atoms with van der Waals surface area (Å²) in [4.78, 5) is 18.7. The summed E-state index contributed by atoms with van der Waals surface area (Å²) < 4.78 is 8.09. The molecule has 0 saturated carbocycles. The first-order chi connectivity index (χ1) is 18.6. The molecule has 0 unspecified atom stereocenters. The SMILES string of the molecule is CC[C@@]1(C)CN(Cc2cc([C@@H](CC(=O)O)c3ccc4c(nnn4C)c3C)ccc2C)Cc2nc(O)ccc2O1. The molecule has 2 atom stereocenters. The van der Waals surface area contributed by atoms with E-state index in [-0.39, 0.29) is 18.2 Å². The van der Waals surface area contributed by atoms with Crippen molar-refractivity contribution in [3.05, 3.63) is 76.0 Å². The van der Waals surface area contributed by atoms with Gasteiger partial charge in [0.05, 0.1) is 11.9 Å². The zero-order chi connectivity index (χ0) is 27.9. The van der Waals surface area contributed by atoms with E-state index in [1.165, 1.54) is 0 Å². The molecule has 0 radical (unpaired) electrons. The molecular formula is C30H35N5O4. The third kappa shape index (κ3) is 5.31. The number of ether oxygens (including phenoxy) is 1. The quantitative estimate of drug-likeness (QED) is 0.349. The van der Waals surface area contributed by atoms with Crippen LogP contribution in [0.15, 0.2) is 42.5 Å². The maximum atomic E-state index is 12.0. The van der Waals surface area contributed by atoms with Crippen molar-refractivity contribution >= 4 is 17.0 Å². The minimum Gasteiger partial charge on any atom is -0.493 e. The van der Waals surface area contributed by atoms with Crippen molar-refractivity contribution in [1.29, 1.82) is 0 Å². The maximum Gasteiger partial charge on any atom is 0.304 e. The number of fused-ring (bicyclic) bond motifs is 2. The Labute approximate surface area is 228 Å². The Balaban J connectivity index is 1.52. The Morgan fingerprint density at radius 3 is 2.72 bits per heavy atom. The Kier molecular flexibility index (Phi) is 7.03.